The third kappa shape index (κ3) is 5.25. The van der Waals surface area contributed by atoms with Crippen LogP contribution in [0.4, 0.5) is 29.1 Å². The van der Waals surface area contributed by atoms with Crippen LogP contribution in [0.2, 0.25) is 0 Å². The molecule has 1 saturated heterocycles. The summed E-state index contributed by atoms with van der Waals surface area (Å²) in [7, 11) is -3.70. The summed E-state index contributed by atoms with van der Waals surface area (Å²) in [6.45, 7) is -1.51. The van der Waals surface area contributed by atoms with Gasteiger partial charge in [0.15, 0.2) is 28.9 Å². The number of nitrogens with two attached hydrogens (primary N) is 1. The van der Waals surface area contributed by atoms with Crippen LogP contribution in [0.3, 0.4) is 0 Å². The smallest absolute Gasteiger partial charge is 0.387 e. The van der Waals surface area contributed by atoms with Crippen molar-refractivity contribution in [3.63, 3.8) is 0 Å². The van der Waals surface area contributed by atoms with E-state index < -0.39 is 34.1 Å². The molecule has 2 N–H and O–H groups in total. The Kier molecular flexibility index (Phi) is 7.32. The van der Waals surface area contributed by atoms with Crippen molar-refractivity contribution in [2.75, 3.05) is 22.3 Å². The fraction of sp³-hybridized carbons (Fsp3) is 0.200. The van der Waals surface area contributed by atoms with E-state index in [-0.39, 0.29) is 64.3 Å². The molecule has 0 radical (unpaired) electrons. The molecule has 2 aliphatic rings. The van der Waals surface area contributed by atoms with E-state index in [1.54, 1.807) is 13.0 Å². The van der Waals surface area contributed by atoms with Gasteiger partial charge in [-0.1, -0.05) is 12.1 Å². The number of allylic oxidation sites excluding steroid dienone is 1. The number of sulfonamides is 1. The minimum atomic E-state index is -3.70. The lowest BCUT2D eigenvalue weighted by Gasteiger charge is -2.21. The molecule has 1 aliphatic heterocycles. The standard InChI is InChI=1S/C30H24F4N4O5S/c1-16-9-20(42-25-6-3-2-5-22(25)31)14-23(32)27(16)38-29(35)21(15-36-38)28(39)19-10-17-12-24(37-7-4-8-44(37,40)41)26(43-30(33)34)13-18(17)11-19/h2-3,5-6,9,11-15,30H,4,7-8,10,35H2,1H3. The average molecular weight is 629 g/mol. The molecule has 0 amide bonds. The van der Waals surface area contributed by atoms with E-state index in [1.807, 2.05) is 0 Å². The maximum absolute atomic E-state index is 15.3. The number of Topliss-reactive ketones (excluding diaryl/α,β-unsaturated/α-hetero) is 1. The van der Waals surface area contributed by atoms with Crippen LogP contribution in [0.25, 0.3) is 11.8 Å². The number of aryl methyl sites for hydroxylation is 1. The Bertz CT molecular complexity index is 1940. The van der Waals surface area contributed by atoms with E-state index in [0.717, 1.165) is 15.1 Å². The van der Waals surface area contributed by atoms with Gasteiger partial charge >= 0.3 is 6.61 Å². The molecule has 0 spiro atoms. The number of aromatic nitrogens is 2. The van der Waals surface area contributed by atoms with Crippen LogP contribution in [0.15, 0.2) is 60.3 Å². The highest BCUT2D eigenvalue weighted by Gasteiger charge is 2.33. The van der Waals surface area contributed by atoms with Gasteiger partial charge in [-0.15, -0.1) is 0 Å². The molecule has 1 aromatic heterocycles. The first-order chi connectivity index (χ1) is 20.9. The summed E-state index contributed by atoms with van der Waals surface area (Å²) in [5.41, 5.74) is 7.69. The quantitative estimate of drug-likeness (QED) is 0.194. The molecule has 9 nitrogen and oxygen atoms in total. The zero-order chi connectivity index (χ0) is 31.3. The number of nitrogens with zero attached hydrogens (tertiary/aromatic N) is 3. The maximum Gasteiger partial charge on any atom is 0.387 e. The minimum Gasteiger partial charge on any atom is -0.454 e. The van der Waals surface area contributed by atoms with E-state index >= 15 is 4.39 Å². The Hall–Kier alpha value is -4.85. The number of halogens is 4. The van der Waals surface area contributed by atoms with E-state index in [2.05, 4.69) is 9.84 Å². The number of rotatable bonds is 8. The first-order valence-electron chi connectivity index (χ1n) is 13.4. The normalized spacial score (nSPS) is 15.4. The number of ether oxygens (including phenoxy) is 2. The molecule has 3 aromatic carbocycles. The molecule has 0 bridgehead atoms. The van der Waals surface area contributed by atoms with Gasteiger partial charge in [0, 0.05) is 24.6 Å². The molecule has 0 saturated carbocycles. The molecule has 44 heavy (non-hydrogen) atoms. The highest BCUT2D eigenvalue weighted by Crippen LogP contribution is 2.41. The highest BCUT2D eigenvalue weighted by molar-refractivity contribution is 7.93. The molecule has 14 heteroatoms. The zero-order valence-electron chi connectivity index (χ0n) is 23.1. The number of nitrogen functional groups attached to an aromatic ring is 1. The summed E-state index contributed by atoms with van der Waals surface area (Å²) < 4.78 is 93.0. The lowest BCUT2D eigenvalue weighted by molar-refractivity contribution is -0.0494. The van der Waals surface area contributed by atoms with Gasteiger partial charge in [0.2, 0.25) is 10.0 Å². The fourth-order valence-electron chi connectivity index (χ4n) is 5.37. The number of alkyl halides is 2. The average Bonchev–Trinajstić information content (AvgIpc) is 3.64. The lowest BCUT2D eigenvalue weighted by Crippen LogP contribution is -2.26. The number of anilines is 2. The number of ketones is 1. The van der Waals surface area contributed by atoms with Gasteiger partial charge in [0.25, 0.3) is 0 Å². The van der Waals surface area contributed by atoms with Gasteiger partial charge in [-0.2, -0.15) is 13.9 Å². The van der Waals surface area contributed by atoms with Crippen LogP contribution < -0.4 is 19.5 Å². The Morgan fingerprint density at radius 2 is 1.84 bits per heavy atom. The van der Waals surface area contributed by atoms with Crippen LogP contribution in [0.5, 0.6) is 17.2 Å². The van der Waals surface area contributed by atoms with Crippen molar-refractivity contribution in [1.29, 1.82) is 0 Å². The monoisotopic (exact) mass is 628 g/mol. The molecular formula is C30H24F4N4O5S. The first-order valence-corrected chi connectivity index (χ1v) is 15.0. The molecule has 0 atom stereocenters. The Labute approximate surface area is 249 Å². The van der Waals surface area contributed by atoms with E-state index in [0.29, 0.717) is 23.1 Å². The second kappa shape index (κ2) is 11.0. The van der Waals surface area contributed by atoms with Crippen LogP contribution in [0, 0.1) is 18.6 Å². The van der Waals surface area contributed by atoms with Gasteiger partial charge in [-0.25, -0.2) is 21.9 Å². The topological polar surface area (TPSA) is 117 Å². The van der Waals surface area contributed by atoms with Crippen LogP contribution in [-0.4, -0.2) is 42.9 Å². The lowest BCUT2D eigenvalue weighted by atomic mass is 10.0. The van der Waals surface area contributed by atoms with Crippen molar-refractivity contribution >= 4 is 33.4 Å². The number of benzene rings is 3. The van der Waals surface area contributed by atoms with Crippen molar-refractivity contribution in [2.24, 2.45) is 0 Å². The van der Waals surface area contributed by atoms with Gasteiger partial charge in [-0.05, 0) is 66.4 Å². The summed E-state index contributed by atoms with van der Waals surface area (Å²) in [6.07, 6.45) is 3.07. The number of carbonyl (C=O) groups excluding carboxylic acids is 1. The van der Waals surface area contributed by atoms with Gasteiger partial charge in [0.1, 0.15) is 17.3 Å². The van der Waals surface area contributed by atoms with E-state index in [1.165, 1.54) is 48.7 Å². The molecule has 1 fully saturated rings. The summed E-state index contributed by atoms with van der Waals surface area (Å²) in [5, 5.41) is 4.13. The Morgan fingerprint density at radius 1 is 1.07 bits per heavy atom. The Morgan fingerprint density at radius 3 is 2.52 bits per heavy atom. The number of hydrogen-bond donors (Lipinski definition) is 1. The van der Waals surface area contributed by atoms with Crippen LogP contribution in [0.1, 0.15) is 33.5 Å². The predicted molar refractivity (Wildman–Crippen MR) is 154 cm³/mol. The molecule has 1 aliphatic carbocycles. The third-order valence-corrected chi connectivity index (χ3v) is 9.22. The minimum absolute atomic E-state index is 0.0237. The number of hydrogen-bond acceptors (Lipinski definition) is 7. The fourth-order valence-corrected chi connectivity index (χ4v) is 6.93. The second-order valence-electron chi connectivity index (χ2n) is 10.3. The molecule has 2 heterocycles. The van der Waals surface area contributed by atoms with E-state index in [4.69, 9.17) is 10.5 Å². The van der Waals surface area contributed by atoms with Gasteiger partial charge in [-0.3, -0.25) is 9.10 Å². The number of carbonyl (C=O) groups is 1. The predicted octanol–water partition coefficient (Wildman–Crippen LogP) is 5.80. The Balaban J connectivity index is 1.28. The van der Waals surface area contributed by atoms with Crippen molar-refractivity contribution in [3.8, 4) is 22.9 Å². The number of fused-ring (bicyclic) bond motifs is 1. The highest BCUT2D eigenvalue weighted by atomic mass is 32.2. The van der Waals surface area contributed by atoms with Gasteiger partial charge in [0.05, 0.1) is 23.2 Å². The summed E-state index contributed by atoms with van der Waals surface area (Å²) >= 11 is 0. The molecular weight excluding hydrogens is 604 g/mol. The van der Waals surface area contributed by atoms with Crippen LogP contribution in [-0.2, 0) is 16.4 Å². The molecule has 4 aromatic rings. The summed E-state index contributed by atoms with van der Waals surface area (Å²) in [6, 6.07) is 10.9. The second-order valence-corrected chi connectivity index (χ2v) is 12.3. The van der Waals surface area contributed by atoms with Crippen LogP contribution >= 0.6 is 0 Å². The summed E-state index contributed by atoms with van der Waals surface area (Å²) in [4.78, 5) is 13.5. The maximum atomic E-state index is 15.3. The van der Waals surface area contributed by atoms with E-state index in [9.17, 15) is 26.4 Å². The van der Waals surface area contributed by atoms with Crippen molar-refractivity contribution < 1.29 is 40.2 Å². The summed E-state index contributed by atoms with van der Waals surface area (Å²) in [5.74, 6) is -2.57. The largest absolute Gasteiger partial charge is 0.454 e. The molecule has 228 valence electrons. The van der Waals surface area contributed by atoms with Crippen molar-refractivity contribution in [3.05, 3.63) is 94.2 Å². The number of para-hydroxylation sites is 1. The third-order valence-electron chi connectivity index (χ3n) is 7.36. The van der Waals surface area contributed by atoms with Crippen molar-refractivity contribution in [1.82, 2.24) is 9.78 Å². The SMILES string of the molecule is Cc1cc(Oc2ccccc2F)cc(F)c1-n1ncc(C(=O)C2=Cc3cc(OC(F)F)c(N4CCCS4(=O)=O)cc3C2)c1N. The first kappa shape index (κ1) is 29.2. The van der Waals surface area contributed by atoms with Gasteiger partial charge < -0.3 is 15.2 Å². The zero-order valence-corrected chi connectivity index (χ0v) is 23.9. The van der Waals surface area contributed by atoms with Crippen molar-refractivity contribution in [2.45, 2.75) is 26.4 Å². The molecule has 0 unspecified atom stereocenters. The molecule has 6 rings (SSSR count).